The SMILES string of the molecule is CC(C)(C)C(=O)/C(C#N)=C\c1ccc(Cl)cc1. The van der Waals surface area contributed by atoms with Gasteiger partial charge in [0.25, 0.3) is 0 Å². The van der Waals surface area contributed by atoms with Gasteiger partial charge in [0.15, 0.2) is 5.78 Å². The van der Waals surface area contributed by atoms with Crippen molar-refractivity contribution in [3.8, 4) is 6.07 Å². The van der Waals surface area contributed by atoms with E-state index in [0.29, 0.717) is 5.02 Å². The molecular formula is C14H14ClNO. The second kappa shape index (κ2) is 5.16. The zero-order valence-electron chi connectivity index (χ0n) is 10.1. The van der Waals surface area contributed by atoms with E-state index in [2.05, 4.69) is 0 Å². The number of hydrogen-bond acceptors (Lipinski definition) is 2. The quantitative estimate of drug-likeness (QED) is 0.588. The Morgan fingerprint density at radius 1 is 1.29 bits per heavy atom. The number of rotatable bonds is 2. The number of benzene rings is 1. The Balaban J connectivity index is 3.08. The average molecular weight is 248 g/mol. The Bertz CT molecular complexity index is 486. The van der Waals surface area contributed by atoms with Crippen LogP contribution < -0.4 is 0 Å². The summed E-state index contributed by atoms with van der Waals surface area (Å²) >= 11 is 5.76. The second-order valence-electron chi connectivity index (χ2n) is 4.80. The summed E-state index contributed by atoms with van der Waals surface area (Å²) in [7, 11) is 0. The van der Waals surface area contributed by atoms with E-state index in [0.717, 1.165) is 5.56 Å². The van der Waals surface area contributed by atoms with Crippen LogP contribution in [0, 0.1) is 16.7 Å². The first-order chi connectivity index (χ1) is 7.84. The molecule has 0 atom stereocenters. The zero-order valence-corrected chi connectivity index (χ0v) is 10.9. The number of nitrogens with zero attached hydrogens (tertiary/aromatic N) is 1. The van der Waals surface area contributed by atoms with E-state index in [1.165, 1.54) is 0 Å². The van der Waals surface area contributed by atoms with Gasteiger partial charge in [0, 0.05) is 10.4 Å². The summed E-state index contributed by atoms with van der Waals surface area (Å²) < 4.78 is 0. The molecule has 0 aliphatic rings. The van der Waals surface area contributed by atoms with Gasteiger partial charge in [0.2, 0.25) is 0 Å². The van der Waals surface area contributed by atoms with Gasteiger partial charge >= 0.3 is 0 Å². The Morgan fingerprint density at radius 2 is 1.82 bits per heavy atom. The van der Waals surface area contributed by atoms with Gasteiger partial charge in [-0.3, -0.25) is 4.79 Å². The molecule has 1 aromatic rings. The largest absolute Gasteiger partial charge is 0.293 e. The highest BCUT2D eigenvalue weighted by atomic mass is 35.5. The minimum atomic E-state index is -0.548. The molecule has 0 spiro atoms. The van der Waals surface area contributed by atoms with Crippen molar-refractivity contribution in [1.82, 2.24) is 0 Å². The summed E-state index contributed by atoms with van der Waals surface area (Å²) in [6.07, 6.45) is 1.59. The summed E-state index contributed by atoms with van der Waals surface area (Å²) in [6.45, 7) is 5.38. The van der Waals surface area contributed by atoms with Crippen LogP contribution in [0.5, 0.6) is 0 Å². The maximum atomic E-state index is 12.0. The third kappa shape index (κ3) is 3.72. The summed E-state index contributed by atoms with van der Waals surface area (Å²) in [4.78, 5) is 12.0. The molecule has 0 fully saturated rings. The van der Waals surface area contributed by atoms with Gasteiger partial charge in [-0.05, 0) is 23.8 Å². The lowest BCUT2D eigenvalue weighted by atomic mass is 9.86. The van der Waals surface area contributed by atoms with E-state index in [1.54, 1.807) is 51.1 Å². The molecule has 0 aromatic heterocycles. The lowest BCUT2D eigenvalue weighted by molar-refractivity contribution is -0.121. The van der Waals surface area contributed by atoms with E-state index >= 15 is 0 Å². The van der Waals surface area contributed by atoms with E-state index < -0.39 is 5.41 Å². The first-order valence-corrected chi connectivity index (χ1v) is 5.64. The number of ketones is 1. The van der Waals surface area contributed by atoms with Crippen LogP contribution in [0.1, 0.15) is 26.3 Å². The molecule has 0 amide bonds. The normalized spacial score (nSPS) is 12.1. The van der Waals surface area contributed by atoms with Crippen molar-refractivity contribution in [2.24, 2.45) is 5.41 Å². The predicted molar refractivity (Wildman–Crippen MR) is 69.5 cm³/mol. The van der Waals surface area contributed by atoms with Crippen molar-refractivity contribution in [2.75, 3.05) is 0 Å². The maximum absolute atomic E-state index is 12.0. The van der Waals surface area contributed by atoms with Gasteiger partial charge in [0.05, 0.1) is 5.57 Å². The molecule has 0 aliphatic heterocycles. The second-order valence-corrected chi connectivity index (χ2v) is 5.24. The molecule has 0 saturated heterocycles. The highest BCUT2D eigenvalue weighted by Gasteiger charge is 2.24. The zero-order chi connectivity index (χ0) is 13.1. The summed E-state index contributed by atoms with van der Waals surface area (Å²) in [5.74, 6) is -0.157. The number of allylic oxidation sites excluding steroid dienone is 1. The fraction of sp³-hybridized carbons (Fsp3) is 0.286. The number of carbonyl (C=O) groups excluding carboxylic acids is 1. The van der Waals surface area contributed by atoms with Crippen molar-refractivity contribution >= 4 is 23.5 Å². The molecule has 2 nitrogen and oxygen atoms in total. The van der Waals surface area contributed by atoms with Gasteiger partial charge < -0.3 is 0 Å². The average Bonchev–Trinajstić information content (AvgIpc) is 2.26. The van der Waals surface area contributed by atoms with Crippen LogP contribution in [0.15, 0.2) is 29.8 Å². The number of Topliss-reactive ketones (excluding diaryl/α,β-unsaturated/α-hetero) is 1. The smallest absolute Gasteiger partial charge is 0.178 e. The molecule has 0 heterocycles. The van der Waals surface area contributed by atoms with Crippen molar-refractivity contribution in [1.29, 1.82) is 5.26 Å². The van der Waals surface area contributed by atoms with Crippen molar-refractivity contribution in [3.05, 3.63) is 40.4 Å². The molecule has 1 rings (SSSR count). The molecule has 0 radical (unpaired) electrons. The molecule has 0 saturated carbocycles. The molecule has 0 unspecified atom stereocenters. The minimum absolute atomic E-state index is 0.157. The van der Waals surface area contributed by atoms with Crippen LogP contribution >= 0.6 is 11.6 Å². The number of carbonyl (C=O) groups is 1. The molecule has 1 aromatic carbocycles. The van der Waals surface area contributed by atoms with Gasteiger partial charge in [-0.1, -0.05) is 44.5 Å². The molecule has 0 N–H and O–H groups in total. The van der Waals surface area contributed by atoms with Crippen molar-refractivity contribution < 1.29 is 4.79 Å². The topological polar surface area (TPSA) is 40.9 Å². The van der Waals surface area contributed by atoms with Gasteiger partial charge in [-0.25, -0.2) is 0 Å². The molecule has 3 heteroatoms. The molecule has 0 bridgehead atoms. The van der Waals surface area contributed by atoms with E-state index in [4.69, 9.17) is 16.9 Å². The Labute approximate surface area is 107 Å². The molecular weight excluding hydrogens is 234 g/mol. The highest BCUT2D eigenvalue weighted by molar-refractivity contribution is 6.30. The van der Waals surface area contributed by atoms with Crippen molar-refractivity contribution in [2.45, 2.75) is 20.8 Å². The number of nitriles is 1. The number of halogens is 1. The summed E-state index contributed by atoms with van der Waals surface area (Å²) in [5, 5.41) is 9.64. The van der Waals surface area contributed by atoms with E-state index in [9.17, 15) is 4.79 Å². The van der Waals surface area contributed by atoms with E-state index in [-0.39, 0.29) is 11.4 Å². The van der Waals surface area contributed by atoms with Crippen LogP contribution in [-0.2, 0) is 4.79 Å². The Kier molecular flexibility index (Phi) is 4.09. The molecule has 0 aliphatic carbocycles. The van der Waals surface area contributed by atoms with Gasteiger partial charge in [-0.2, -0.15) is 5.26 Å². The van der Waals surface area contributed by atoms with Crippen LogP contribution in [0.25, 0.3) is 6.08 Å². The predicted octanol–water partition coefficient (Wildman–Crippen LogP) is 3.86. The molecule has 88 valence electrons. The minimum Gasteiger partial charge on any atom is -0.293 e. The standard InChI is InChI=1S/C14H14ClNO/c1-14(2,3)13(17)11(9-16)8-10-4-6-12(15)7-5-10/h4-8H,1-3H3/b11-8-. The highest BCUT2D eigenvalue weighted by Crippen LogP contribution is 2.21. The van der Waals surface area contributed by atoms with E-state index in [1.807, 2.05) is 6.07 Å². The summed E-state index contributed by atoms with van der Waals surface area (Å²) in [5.41, 5.74) is 0.414. The Hall–Kier alpha value is -1.59. The van der Waals surface area contributed by atoms with Gasteiger partial charge in [0.1, 0.15) is 6.07 Å². The summed E-state index contributed by atoms with van der Waals surface area (Å²) in [6, 6.07) is 8.95. The molecule has 17 heavy (non-hydrogen) atoms. The first kappa shape index (κ1) is 13.5. The van der Waals surface area contributed by atoms with Crippen LogP contribution in [0.2, 0.25) is 5.02 Å². The van der Waals surface area contributed by atoms with Gasteiger partial charge in [-0.15, -0.1) is 0 Å². The van der Waals surface area contributed by atoms with Crippen LogP contribution in [-0.4, -0.2) is 5.78 Å². The number of hydrogen-bond donors (Lipinski definition) is 0. The Morgan fingerprint density at radius 3 is 2.24 bits per heavy atom. The lowest BCUT2D eigenvalue weighted by Crippen LogP contribution is -2.21. The third-order valence-corrected chi connectivity index (χ3v) is 2.48. The van der Waals surface area contributed by atoms with Crippen LogP contribution in [0.4, 0.5) is 0 Å². The fourth-order valence-electron chi connectivity index (χ4n) is 1.28. The monoisotopic (exact) mass is 247 g/mol. The first-order valence-electron chi connectivity index (χ1n) is 5.27. The lowest BCUT2D eigenvalue weighted by Gasteiger charge is -2.15. The fourth-order valence-corrected chi connectivity index (χ4v) is 1.40. The van der Waals surface area contributed by atoms with Crippen molar-refractivity contribution in [3.63, 3.8) is 0 Å². The van der Waals surface area contributed by atoms with Crippen LogP contribution in [0.3, 0.4) is 0 Å². The third-order valence-electron chi connectivity index (χ3n) is 2.23. The maximum Gasteiger partial charge on any atom is 0.178 e.